The number of anilines is 1. The highest BCUT2D eigenvalue weighted by Gasteiger charge is 2.59. The predicted octanol–water partition coefficient (Wildman–Crippen LogP) is -0.253. The minimum atomic E-state index is -2.40. The van der Waals surface area contributed by atoms with Gasteiger partial charge in [0.25, 0.3) is 0 Å². The number of ether oxygens (including phenoxy) is 4. The SMILES string of the molecule is COc1c(O[C@@H]2O[C@H](C(=O)O)[C@](O)(C[C@@H]3CNCN3)[C@@H](O)[C@H]2O)cc2oc(-c3ccc(OC[C@H](O)c4ccc(N)[nH]4)cc3)cc(=O)c2c1O. The number of aromatic amines is 1. The van der Waals surface area contributed by atoms with Crippen molar-refractivity contribution in [1.82, 2.24) is 15.6 Å². The van der Waals surface area contributed by atoms with Crippen LogP contribution in [-0.4, -0.2) is 105 Å². The lowest BCUT2D eigenvalue weighted by Crippen LogP contribution is -2.70. The second kappa shape index (κ2) is 13.6. The van der Waals surface area contributed by atoms with Gasteiger partial charge in [0.15, 0.2) is 23.0 Å². The van der Waals surface area contributed by atoms with E-state index in [2.05, 4.69) is 15.6 Å². The van der Waals surface area contributed by atoms with Gasteiger partial charge in [-0.1, -0.05) is 0 Å². The highest BCUT2D eigenvalue weighted by molar-refractivity contribution is 5.89. The number of nitrogens with one attached hydrogen (secondary N) is 3. The first kappa shape index (κ1) is 34.0. The zero-order valence-corrected chi connectivity index (χ0v) is 26.0. The second-order valence-electron chi connectivity index (χ2n) is 11.8. The summed E-state index contributed by atoms with van der Waals surface area (Å²) in [4.78, 5) is 28.2. The number of nitrogen functional groups attached to an aromatic ring is 1. The van der Waals surface area contributed by atoms with E-state index in [9.17, 15) is 40.2 Å². The van der Waals surface area contributed by atoms with Crippen molar-refractivity contribution >= 4 is 22.8 Å². The molecule has 0 bridgehead atoms. The van der Waals surface area contributed by atoms with E-state index in [4.69, 9.17) is 29.1 Å². The second-order valence-corrected chi connectivity index (χ2v) is 11.8. The van der Waals surface area contributed by atoms with E-state index in [1.165, 1.54) is 13.2 Å². The summed E-state index contributed by atoms with van der Waals surface area (Å²) in [5, 5.41) is 70.2. The summed E-state index contributed by atoms with van der Waals surface area (Å²) in [6.07, 6.45) is -9.10. The van der Waals surface area contributed by atoms with Gasteiger partial charge in [-0.2, -0.15) is 0 Å². The summed E-state index contributed by atoms with van der Waals surface area (Å²) < 4.78 is 28.1. The van der Waals surface area contributed by atoms with Crippen molar-refractivity contribution in [2.75, 3.05) is 32.7 Å². The Morgan fingerprint density at radius 1 is 1.16 bits per heavy atom. The highest BCUT2D eigenvalue weighted by Crippen LogP contribution is 2.44. The topological polar surface area (TPSA) is 271 Å². The molecule has 2 aromatic heterocycles. The van der Waals surface area contributed by atoms with Gasteiger partial charge in [0.2, 0.25) is 12.0 Å². The molecule has 0 unspecified atom stereocenters. The quantitative estimate of drug-likeness (QED) is 0.0975. The summed E-state index contributed by atoms with van der Waals surface area (Å²) in [6.45, 7) is 0.723. The van der Waals surface area contributed by atoms with Crippen molar-refractivity contribution in [2.45, 2.75) is 48.8 Å². The van der Waals surface area contributed by atoms with E-state index in [0.717, 1.165) is 6.07 Å². The van der Waals surface area contributed by atoms with Crippen LogP contribution < -0.4 is 36.0 Å². The van der Waals surface area contributed by atoms with Gasteiger partial charge in [-0.15, -0.1) is 0 Å². The number of nitrogens with two attached hydrogens (primary N) is 1. The monoisotopic (exact) mass is 684 g/mol. The van der Waals surface area contributed by atoms with Crippen molar-refractivity contribution in [3.63, 3.8) is 0 Å². The third-order valence-electron chi connectivity index (χ3n) is 8.54. The summed E-state index contributed by atoms with van der Waals surface area (Å²) in [5.41, 5.74) is 3.39. The number of benzene rings is 2. The van der Waals surface area contributed by atoms with E-state index in [1.807, 2.05) is 0 Å². The van der Waals surface area contributed by atoms with Crippen molar-refractivity contribution in [2.24, 2.45) is 0 Å². The molecule has 7 atom stereocenters. The minimum absolute atomic E-state index is 0.0631. The molecule has 0 aliphatic carbocycles. The average molecular weight is 685 g/mol. The van der Waals surface area contributed by atoms with Crippen LogP contribution in [0, 0.1) is 0 Å². The number of rotatable bonds is 11. The summed E-state index contributed by atoms with van der Waals surface area (Å²) >= 11 is 0. The smallest absolute Gasteiger partial charge is 0.336 e. The molecule has 17 heteroatoms. The largest absolute Gasteiger partial charge is 0.504 e. The van der Waals surface area contributed by atoms with Crippen molar-refractivity contribution in [1.29, 1.82) is 0 Å². The molecule has 2 saturated heterocycles. The number of phenols is 1. The number of aromatic nitrogens is 1. The maximum Gasteiger partial charge on any atom is 0.336 e. The number of aliphatic carboxylic acids is 1. The maximum absolute atomic E-state index is 13.2. The van der Waals surface area contributed by atoms with Gasteiger partial charge in [0, 0.05) is 42.6 Å². The zero-order valence-electron chi connectivity index (χ0n) is 26.0. The van der Waals surface area contributed by atoms with Gasteiger partial charge >= 0.3 is 5.97 Å². The van der Waals surface area contributed by atoms with Crippen LogP contribution in [0.4, 0.5) is 5.82 Å². The zero-order chi connectivity index (χ0) is 35.0. The third kappa shape index (κ3) is 6.60. The first-order valence-electron chi connectivity index (χ1n) is 15.2. The van der Waals surface area contributed by atoms with E-state index >= 15 is 0 Å². The van der Waals surface area contributed by atoms with Crippen LogP contribution in [0.5, 0.6) is 23.0 Å². The van der Waals surface area contributed by atoms with Crippen LogP contribution in [-0.2, 0) is 9.53 Å². The number of carbonyl (C=O) groups is 1. The van der Waals surface area contributed by atoms with Crippen molar-refractivity contribution in [3.8, 4) is 34.3 Å². The molecule has 0 saturated carbocycles. The lowest BCUT2D eigenvalue weighted by Gasteiger charge is -2.47. The van der Waals surface area contributed by atoms with Crippen LogP contribution in [0.25, 0.3) is 22.3 Å². The molecule has 2 aliphatic rings. The molecule has 0 amide bonds. The number of methoxy groups -OCH3 is 1. The maximum atomic E-state index is 13.2. The molecular weight excluding hydrogens is 648 g/mol. The Morgan fingerprint density at radius 2 is 1.92 bits per heavy atom. The van der Waals surface area contributed by atoms with E-state index in [1.54, 1.807) is 36.4 Å². The molecule has 262 valence electrons. The standard InChI is InChI=1S/C32H36N4O13/c1-45-27-22(48-31-26(40)28(41)32(44,29(49-31)30(42)43)10-15-11-34-13-35-15)9-21-24(25(27)39)18(37)8-20(47-21)14-2-4-16(5-3-14)46-12-19(38)17-6-7-23(33)36-17/h2-9,15,19,26,28-29,31,34-36,38-41,44H,10-13,33H2,1H3,(H,42,43)/t15-,19+,26-,28+,29-,31-,32+/m1/s1. The Morgan fingerprint density at radius 3 is 2.55 bits per heavy atom. The normalized spacial score (nSPS) is 26.0. The van der Waals surface area contributed by atoms with Gasteiger partial charge in [-0.3, -0.25) is 4.79 Å². The van der Waals surface area contributed by atoms with E-state index in [-0.39, 0.29) is 41.3 Å². The fraction of sp³-hybridized carbons (Fsp3) is 0.375. The molecule has 6 rings (SSSR count). The number of hydrogen-bond donors (Lipinski definition) is 10. The molecule has 0 spiro atoms. The highest BCUT2D eigenvalue weighted by atomic mass is 16.7. The number of phenolic OH excluding ortho intramolecular Hbond substituents is 1. The van der Waals surface area contributed by atoms with Crippen LogP contribution in [0.2, 0.25) is 0 Å². The molecular formula is C32H36N4O13. The summed E-state index contributed by atoms with van der Waals surface area (Å²) in [7, 11) is 1.17. The van der Waals surface area contributed by atoms with Crippen LogP contribution >= 0.6 is 0 Å². The Labute approximate surface area is 277 Å². The third-order valence-corrected chi connectivity index (χ3v) is 8.54. The number of hydrogen-bond acceptors (Lipinski definition) is 15. The Balaban J connectivity index is 1.25. The fourth-order valence-corrected chi connectivity index (χ4v) is 6.02. The van der Waals surface area contributed by atoms with Gasteiger partial charge in [-0.05, 0) is 42.8 Å². The molecule has 2 fully saturated rings. The summed E-state index contributed by atoms with van der Waals surface area (Å²) in [5.74, 6) is -2.06. The first-order chi connectivity index (χ1) is 23.4. The number of aromatic hydroxyl groups is 1. The number of fused-ring (bicyclic) bond motifs is 1. The Bertz CT molecular complexity index is 1870. The number of aliphatic hydroxyl groups is 4. The van der Waals surface area contributed by atoms with E-state index < -0.39 is 59.5 Å². The Hall–Kier alpha value is -4.88. The lowest BCUT2D eigenvalue weighted by molar-refractivity contribution is -0.306. The number of carboxylic acids is 1. The van der Waals surface area contributed by atoms with Crippen LogP contribution in [0.3, 0.4) is 0 Å². The van der Waals surface area contributed by atoms with Gasteiger partial charge in [-0.25, -0.2) is 4.79 Å². The van der Waals surface area contributed by atoms with Crippen LogP contribution in [0.1, 0.15) is 18.2 Å². The lowest BCUT2D eigenvalue weighted by atomic mass is 9.79. The molecule has 0 radical (unpaired) electrons. The first-order valence-corrected chi connectivity index (χ1v) is 15.2. The number of carboxylic acid groups (broad SMARTS) is 1. The number of H-pyrrole nitrogens is 1. The van der Waals surface area contributed by atoms with Gasteiger partial charge < -0.3 is 75.4 Å². The van der Waals surface area contributed by atoms with Gasteiger partial charge in [0.1, 0.15) is 58.8 Å². The minimum Gasteiger partial charge on any atom is -0.504 e. The molecule has 17 nitrogen and oxygen atoms in total. The fourth-order valence-electron chi connectivity index (χ4n) is 6.02. The Kier molecular flexibility index (Phi) is 9.41. The predicted molar refractivity (Wildman–Crippen MR) is 170 cm³/mol. The molecule has 2 aliphatic heterocycles. The number of aliphatic hydroxyl groups excluding tert-OH is 3. The van der Waals surface area contributed by atoms with Crippen LogP contribution in [0.15, 0.2) is 57.7 Å². The molecule has 2 aromatic carbocycles. The van der Waals surface area contributed by atoms with Crippen molar-refractivity contribution in [3.05, 3.63) is 64.4 Å². The average Bonchev–Trinajstić information content (AvgIpc) is 3.75. The van der Waals surface area contributed by atoms with Gasteiger partial charge in [0.05, 0.1) is 7.11 Å². The molecule has 11 N–H and O–H groups in total. The van der Waals surface area contributed by atoms with Crippen molar-refractivity contribution < 1.29 is 58.8 Å². The molecule has 49 heavy (non-hydrogen) atoms. The summed E-state index contributed by atoms with van der Waals surface area (Å²) in [6, 6.07) is 11.6. The molecule has 4 aromatic rings. The molecule has 4 heterocycles. The van der Waals surface area contributed by atoms with E-state index in [0.29, 0.717) is 36.0 Å².